The summed E-state index contributed by atoms with van der Waals surface area (Å²) >= 11 is 0. The van der Waals surface area contributed by atoms with Crippen molar-refractivity contribution in [2.24, 2.45) is 16.8 Å². The van der Waals surface area contributed by atoms with Crippen LogP contribution in [0.25, 0.3) is 0 Å². The van der Waals surface area contributed by atoms with Crippen LogP contribution in [0.3, 0.4) is 0 Å². The molecule has 6 nitrogen and oxygen atoms in total. The molecule has 0 fully saturated rings. The summed E-state index contributed by atoms with van der Waals surface area (Å²) in [6, 6.07) is 5.42. The number of carbonyl (C=O) groups excluding carboxylic acids is 1. The number of hydrogen-bond acceptors (Lipinski definition) is 5. The van der Waals surface area contributed by atoms with E-state index in [1.54, 1.807) is 30.6 Å². The Morgan fingerprint density at radius 3 is 2.84 bits per heavy atom. The van der Waals surface area contributed by atoms with E-state index in [9.17, 15) is 4.79 Å². The fourth-order valence-corrected chi connectivity index (χ4v) is 3.24. The smallest absolute Gasteiger partial charge is 0.217 e. The molecule has 2 aliphatic rings. The first-order valence-corrected chi connectivity index (χ1v) is 8.10. The highest BCUT2D eigenvalue weighted by atomic mass is 16.5. The molecule has 0 saturated carbocycles. The first kappa shape index (κ1) is 16.8. The van der Waals surface area contributed by atoms with E-state index in [0.29, 0.717) is 17.9 Å². The molecule has 2 atom stereocenters. The number of aromatic nitrogens is 1. The third-order valence-electron chi connectivity index (χ3n) is 4.59. The fraction of sp³-hybridized carbons (Fsp3) is 0.316. The van der Waals surface area contributed by atoms with E-state index in [2.05, 4.69) is 9.98 Å². The van der Waals surface area contributed by atoms with Crippen LogP contribution in [0.15, 0.2) is 52.8 Å². The van der Waals surface area contributed by atoms with Crippen LogP contribution in [-0.2, 0) is 9.53 Å². The molecular weight excluding hydrogens is 316 g/mol. The topological polar surface area (TPSA) is 99.2 Å². The van der Waals surface area contributed by atoms with E-state index in [-0.39, 0.29) is 29.0 Å². The molecule has 126 valence electrons. The van der Waals surface area contributed by atoms with Gasteiger partial charge in [0.2, 0.25) is 5.90 Å². The zero-order valence-electron chi connectivity index (χ0n) is 13.9. The predicted octanol–water partition coefficient (Wildman–Crippen LogP) is 2.83. The van der Waals surface area contributed by atoms with Gasteiger partial charge in [0.25, 0.3) is 0 Å². The number of pyridine rings is 1. The summed E-state index contributed by atoms with van der Waals surface area (Å²) < 4.78 is 5.41. The first-order valence-electron chi connectivity index (χ1n) is 8.10. The van der Waals surface area contributed by atoms with Crippen LogP contribution in [0.5, 0.6) is 0 Å². The molecule has 1 aromatic rings. The standard InChI is InChI=1S/C19H18N4O2/c1-25-19(23-18(21)12-4-6-22-7-5-12)14-3-2-13-10-17(24)16(11-20)9-15(13)8-14/h4-9,13,15,21H,2-3,10H2,1H3/b21-18?,23-19+. The summed E-state index contributed by atoms with van der Waals surface area (Å²) in [6.07, 6.45) is 8.98. The number of allylic oxidation sites excluding steroid dienone is 3. The molecule has 1 N–H and O–H groups in total. The van der Waals surface area contributed by atoms with Crippen molar-refractivity contribution in [3.63, 3.8) is 0 Å². The molecule has 2 unspecified atom stereocenters. The van der Waals surface area contributed by atoms with Crippen molar-refractivity contribution in [1.82, 2.24) is 4.98 Å². The lowest BCUT2D eigenvalue weighted by Gasteiger charge is -2.31. The molecule has 0 saturated heterocycles. The maximum absolute atomic E-state index is 11.9. The first-order chi connectivity index (χ1) is 12.1. The molecule has 6 heteroatoms. The minimum Gasteiger partial charge on any atom is -0.481 e. The molecule has 0 aliphatic heterocycles. The number of methoxy groups -OCH3 is 1. The van der Waals surface area contributed by atoms with E-state index in [1.807, 2.05) is 12.1 Å². The minimum atomic E-state index is -0.0688. The van der Waals surface area contributed by atoms with Crippen LogP contribution in [0.2, 0.25) is 0 Å². The molecule has 0 amide bonds. The normalized spacial score (nSPS) is 23.0. The summed E-state index contributed by atoms with van der Waals surface area (Å²) in [5.41, 5.74) is 1.80. The van der Waals surface area contributed by atoms with Gasteiger partial charge in [-0.15, -0.1) is 0 Å². The van der Waals surface area contributed by atoms with Crippen molar-refractivity contribution >= 4 is 17.5 Å². The number of carbonyl (C=O) groups is 1. The van der Waals surface area contributed by atoms with Gasteiger partial charge in [-0.05, 0) is 30.9 Å². The van der Waals surface area contributed by atoms with E-state index in [4.69, 9.17) is 15.4 Å². The number of fused-ring (bicyclic) bond motifs is 1. The molecule has 0 aromatic carbocycles. The molecule has 25 heavy (non-hydrogen) atoms. The summed E-state index contributed by atoms with van der Waals surface area (Å²) in [5, 5.41) is 17.2. The Morgan fingerprint density at radius 2 is 2.16 bits per heavy atom. The van der Waals surface area contributed by atoms with Gasteiger partial charge in [0.15, 0.2) is 11.6 Å². The van der Waals surface area contributed by atoms with Gasteiger partial charge in [0.1, 0.15) is 6.07 Å². The molecule has 1 aromatic heterocycles. The Morgan fingerprint density at radius 1 is 1.40 bits per heavy atom. The lowest BCUT2D eigenvalue weighted by molar-refractivity contribution is -0.116. The molecule has 1 heterocycles. The van der Waals surface area contributed by atoms with Crippen molar-refractivity contribution in [2.45, 2.75) is 19.3 Å². The van der Waals surface area contributed by atoms with Gasteiger partial charge in [-0.1, -0.05) is 12.2 Å². The largest absolute Gasteiger partial charge is 0.481 e. The van der Waals surface area contributed by atoms with Gasteiger partial charge in [-0.3, -0.25) is 15.2 Å². The van der Waals surface area contributed by atoms with Gasteiger partial charge >= 0.3 is 0 Å². The van der Waals surface area contributed by atoms with E-state index < -0.39 is 0 Å². The number of rotatable bonds is 2. The summed E-state index contributed by atoms with van der Waals surface area (Å²) in [5.74, 6) is 0.705. The van der Waals surface area contributed by atoms with Gasteiger partial charge < -0.3 is 4.74 Å². The number of amidine groups is 1. The summed E-state index contributed by atoms with van der Waals surface area (Å²) in [4.78, 5) is 20.1. The maximum atomic E-state index is 11.9. The second-order valence-electron chi connectivity index (χ2n) is 6.09. The van der Waals surface area contributed by atoms with Crippen molar-refractivity contribution in [1.29, 1.82) is 10.7 Å². The lowest BCUT2D eigenvalue weighted by atomic mass is 9.73. The van der Waals surface area contributed by atoms with Crippen molar-refractivity contribution in [3.05, 3.63) is 53.4 Å². The highest BCUT2D eigenvalue weighted by molar-refractivity contribution is 6.08. The van der Waals surface area contributed by atoms with Crippen molar-refractivity contribution in [3.8, 4) is 6.07 Å². The van der Waals surface area contributed by atoms with Crippen LogP contribution in [0.1, 0.15) is 24.8 Å². The predicted molar refractivity (Wildman–Crippen MR) is 93.1 cm³/mol. The van der Waals surface area contributed by atoms with Gasteiger partial charge in [0, 0.05) is 35.9 Å². The second kappa shape index (κ2) is 7.22. The lowest BCUT2D eigenvalue weighted by Crippen LogP contribution is -2.27. The average molecular weight is 334 g/mol. The highest BCUT2D eigenvalue weighted by Gasteiger charge is 2.32. The number of nitrogens with one attached hydrogen (secondary N) is 1. The Hall–Kier alpha value is -3.07. The van der Waals surface area contributed by atoms with Crippen LogP contribution >= 0.6 is 0 Å². The zero-order valence-corrected chi connectivity index (χ0v) is 13.9. The number of nitriles is 1. The third-order valence-corrected chi connectivity index (χ3v) is 4.59. The SMILES string of the molecule is CO/C(=N/C(=N)c1ccncc1)C1=CC2C=C(C#N)C(=O)CC2CC1. The average Bonchev–Trinajstić information content (AvgIpc) is 2.65. The van der Waals surface area contributed by atoms with E-state index in [0.717, 1.165) is 18.4 Å². The summed E-state index contributed by atoms with van der Waals surface area (Å²) in [7, 11) is 1.53. The Balaban J connectivity index is 1.88. The van der Waals surface area contributed by atoms with Gasteiger partial charge in [-0.25, -0.2) is 0 Å². The van der Waals surface area contributed by atoms with E-state index >= 15 is 0 Å². The Bertz CT molecular complexity index is 831. The summed E-state index contributed by atoms with van der Waals surface area (Å²) in [6.45, 7) is 0. The van der Waals surface area contributed by atoms with Crippen LogP contribution in [-0.4, -0.2) is 29.6 Å². The molecule has 2 aliphatic carbocycles. The van der Waals surface area contributed by atoms with Gasteiger partial charge in [0.05, 0.1) is 12.7 Å². The molecule has 0 bridgehead atoms. The van der Waals surface area contributed by atoms with Crippen molar-refractivity contribution < 1.29 is 9.53 Å². The van der Waals surface area contributed by atoms with E-state index in [1.165, 1.54) is 7.11 Å². The van der Waals surface area contributed by atoms with Crippen LogP contribution in [0.4, 0.5) is 0 Å². The number of ether oxygens (including phenoxy) is 1. The number of ketones is 1. The number of Topliss-reactive ketones (excluding diaryl/α,β-unsaturated/α-hetero) is 1. The van der Waals surface area contributed by atoms with Crippen molar-refractivity contribution in [2.75, 3.05) is 7.11 Å². The zero-order chi connectivity index (χ0) is 17.8. The third kappa shape index (κ3) is 3.56. The number of aliphatic imine (C=N–C) groups is 1. The Labute approximate surface area is 146 Å². The molecule has 0 radical (unpaired) electrons. The molecule has 0 spiro atoms. The quantitative estimate of drug-likeness (QED) is 0.664. The van der Waals surface area contributed by atoms with Gasteiger partial charge in [-0.2, -0.15) is 10.3 Å². The monoisotopic (exact) mass is 334 g/mol. The maximum Gasteiger partial charge on any atom is 0.217 e. The van der Waals surface area contributed by atoms with Crippen LogP contribution < -0.4 is 0 Å². The number of hydrogen-bond donors (Lipinski definition) is 1. The fourth-order valence-electron chi connectivity index (χ4n) is 3.24. The minimum absolute atomic E-state index is 0.0339. The number of nitrogens with zero attached hydrogens (tertiary/aromatic N) is 3. The molecule has 3 rings (SSSR count). The molecular formula is C19H18N4O2. The second-order valence-corrected chi connectivity index (χ2v) is 6.09. The van der Waals surface area contributed by atoms with Crippen LogP contribution in [0, 0.1) is 28.6 Å². The highest BCUT2D eigenvalue weighted by Crippen LogP contribution is 2.37. The Kier molecular flexibility index (Phi) is 4.85.